The molecular formula is C18H27N5O2. The van der Waals surface area contributed by atoms with Crippen LogP contribution in [0.5, 0.6) is 0 Å². The molecule has 0 saturated carbocycles. The molecule has 0 spiro atoms. The normalized spacial score (nSPS) is 18.1. The first kappa shape index (κ1) is 17.6. The molecule has 2 aliphatic rings. The highest BCUT2D eigenvalue weighted by Crippen LogP contribution is 2.27. The van der Waals surface area contributed by atoms with Crippen LogP contribution in [0.4, 0.5) is 5.82 Å². The molecule has 25 heavy (non-hydrogen) atoms. The monoisotopic (exact) mass is 345 g/mol. The van der Waals surface area contributed by atoms with Gasteiger partial charge in [0.2, 0.25) is 5.91 Å². The average molecular weight is 345 g/mol. The van der Waals surface area contributed by atoms with Crippen molar-refractivity contribution in [2.75, 3.05) is 24.5 Å². The smallest absolute Gasteiger partial charge is 0.270 e. The highest BCUT2D eigenvalue weighted by atomic mass is 16.2. The van der Waals surface area contributed by atoms with Gasteiger partial charge in [0.1, 0.15) is 17.3 Å². The van der Waals surface area contributed by atoms with Gasteiger partial charge in [-0.15, -0.1) is 0 Å². The number of carbonyl (C=O) groups excluding carboxylic acids is 2. The number of piperidine rings is 1. The summed E-state index contributed by atoms with van der Waals surface area (Å²) in [6, 6.07) is 0.227. The number of carbonyl (C=O) groups is 2. The maximum atomic E-state index is 12.3. The second-order valence-electron chi connectivity index (χ2n) is 7.36. The van der Waals surface area contributed by atoms with Crippen LogP contribution in [0.1, 0.15) is 55.5 Å². The Morgan fingerprint density at radius 1 is 1.32 bits per heavy atom. The molecule has 0 radical (unpaired) electrons. The van der Waals surface area contributed by atoms with Crippen molar-refractivity contribution in [2.45, 2.75) is 52.5 Å². The summed E-state index contributed by atoms with van der Waals surface area (Å²) >= 11 is 0. The van der Waals surface area contributed by atoms with Crippen LogP contribution in [0.25, 0.3) is 0 Å². The summed E-state index contributed by atoms with van der Waals surface area (Å²) in [5, 5.41) is 5.88. The van der Waals surface area contributed by atoms with Gasteiger partial charge in [0.25, 0.3) is 5.91 Å². The molecule has 1 saturated heterocycles. The molecule has 7 nitrogen and oxygen atoms in total. The van der Waals surface area contributed by atoms with Gasteiger partial charge in [0, 0.05) is 44.6 Å². The van der Waals surface area contributed by atoms with E-state index in [1.165, 1.54) is 0 Å². The van der Waals surface area contributed by atoms with E-state index in [1.807, 2.05) is 0 Å². The highest BCUT2D eigenvalue weighted by Gasteiger charge is 2.28. The fourth-order valence-corrected chi connectivity index (χ4v) is 3.56. The van der Waals surface area contributed by atoms with Crippen molar-refractivity contribution >= 4 is 17.6 Å². The lowest BCUT2D eigenvalue weighted by Gasteiger charge is -2.35. The maximum Gasteiger partial charge on any atom is 0.270 e. The van der Waals surface area contributed by atoms with E-state index < -0.39 is 0 Å². The number of hydrogen-bond donors (Lipinski definition) is 2. The summed E-state index contributed by atoms with van der Waals surface area (Å²) in [5.41, 5.74) is 1.50. The van der Waals surface area contributed by atoms with Crippen LogP contribution in [-0.4, -0.2) is 47.5 Å². The first-order chi connectivity index (χ1) is 11.9. The Morgan fingerprint density at radius 2 is 2.04 bits per heavy atom. The summed E-state index contributed by atoms with van der Waals surface area (Å²) < 4.78 is 0. The maximum absolute atomic E-state index is 12.3. The zero-order valence-electron chi connectivity index (χ0n) is 15.3. The van der Waals surface area contributed by atoms with Crippen molar-refractivity contribution in [3.8, 4) is 0 Å². The molecule has 0 aromatic carbocycles. The fraction of sp³-hybridized carbons (Fsp3) is 0.667. The molecule has 0 bridgehead atoms. The first-order valence-corrected chi connectivity index (χ1v) is 9.14. The van der Waals surface area contributed by atoms with Gasteiger partial charge in [-0.3, -0.25) is 9.59 Å². The standard InChI is InChI=1S/C18H27N5O2/c1-11(2)10-15-21-16-14(4-7-19-18(16)25)17(22-15)23-8-5-13(6-9-23)20-12(3)24/h11,13H,4-10H2,1-3H3,(H,19,25)(H,20,24). The van der Waals surface area contributed by atoms with E-state index in [0.29, 0.717) is 18.2 Å². The third kappa shape index (κ3) is 4.08. The van der Waals surface area contributed by atoms with E-state index in [0.717, 1.165) is 56.0 Å². The molecule has 1 fully saturated rings. The predicted molar refractivity (Wildman–Crippen MR) is 95.7 cm³/mol. The third-order valence-corrected chi connectivity index (χ3v) is 4.70. The minimum absolute atomic E-state index is 0.0220. The Hall–Kier alpha value is -2.18. The van der Waals surface area contributed by atoms with Gasteiger partial charge in [-0.2, -0.15) is 0 Å². The molecule has 1 aromatic rings. The van der Waals surface area contributed by atoms with Crippen LogP contribution >= 0.6 is 0 Å². The molecule has 7 heteroatoms. The molecule has 3 rings (SSSR count). The van der Waals surface area contributed by atoms with E-state index in [1.54, 1.807) is 6.92 Å². The molecule has 2 aliphatic heterocycles. The summed E-state index contributed by atoms with van der Waals surface area (Å²) in [6.07, 6.45) is 3.31. The van der Waals surface area contributed by atoms with Crippen molar-refractivity contribution < 1.29 is 9.59 Å². The number of rotatable bonds is 4. The highest BCUT2D eigenvalue weighted by molar-refractivity contribution is 5.96. The largest absolute Gasteiger partial charge is 0.356 e. The molecule has 0 unspecified atom stereocenters. The zero-order valence-corrected chi connectivity index (χ0v) is 15.3. The number of nitrogens with one attached hydrogen (secondary N) is 2. The molecule has 2 amide bonds. The Morgan fingerprint density at radius 3 is 2.68 bits per heavy atom. The van der Waals surface area contributed by atoms with Crippen molar-refractivity contribution in [3.63, 3.8) is 0 Å². The van der Waals surface area contributed by atoms with Crippen LogP contribution in [0.2, 0.25) is 0 Å². The van der Waals surface area contributed by atoms with E-state index in [2.05, 4.69) is 34.4 Å². The van der Waals surface area contributed by atoms with Crippen LogP contribution < -0.4 is 15.5 Å². The van der Waals surface area contributed by atoms with Crippen LogP contribution in [-0.2, 0) is 17.6 Å². The SMILES string of the molecule is CC(=O)NC1CCN(c2nc(CC(C)C)nc3c2CCNC3=O)CC1. The Labute approximate surface area is 148 Å². The number of anilines is 1. The summed E-state index contributed by atoms with van der Waals surface area (Å²) in [5.74, 6) is 2.02. The summed E-state index contributed by atoms with van der Waals surface area (Å²) in [6.45, 7) is 8.11. The van der Waals surface area contributed by atoms with Gasteiger partial charge in [-0.25, -0.2) is 9.97 Å². The fourth-order valence-electron chi connectivity index (χ4n) is 3.56. The second-order valence-corrected chi connectivity index (χ2v) is 7.36. The average Bonchev–Trinajstić information content (AvgIpc) is 2.55. The topological polar surface area (TPSA) is 87.2 Å². The third-order valence-electron chi connectivity index (χ3n) is 4.70. The predicted octanol–water partition coefficient (Wildman–Crippen LogP) is 1.07. The van der Waals surface area contributed by atoms with E-state index in [4.69, 9.17) is 4.98 Å². The quantitative estimate of drug-likeness (QED) is 0.852. The van der Waals surface area contributed by atoms with Gasteiger partial charge in [0.15, 0.2) is 0 Å². The number of fused-ring (bicyclic) bond motifs is 1. The molecule has 1 aromatic heterocycles. The van der Waals surface area contributed by atoms with Crippen molar-refractivity contribution in [2.24, 2.45) is 5.92 Å². The van der Waals surface area contributed by atoms with Gasteiger partial charge >= 0.3 is 0 Å². The lowest BCUT2D eigenvalue weighted by molar-refractivity contribution is -0.119. The van der Waals surface area contributed by atoms with Crippen LogP contribution in [0.15, 0.2) is 0 Å². The minimum Gasteiger partial charge on any atom is -0.356 e. The first-order valence-electron chi connectivity index (χ1n) is 9.14. The van der Waals surface area contributed by atoms with Gasteiger partial charge < -0.3 is 15.5 Å². The van der Waals surface area contributed by atoms with Crippen molar-refractivity contribution in [1.29, 1.82) is 0 Å². The lowest BCUT2D eigenvalue weighted by atomic mass is 10.0. The Kier molecular flexibility index (Phi) is 5.20. The Balaban J connectivity index is 1.86. The molecule has 2 N–H and O–H groups in total. The summed E-state index contributed by atoms with van der Waals surface area (Å²) in [4.78, 5) is 35.1. The second kappa shape index (κ2) is 7.37. The molecule has 0 atom stereocenters. The van der Waals surface area contributed by atoms with Gasteiger partial charge in [-0.1, -0.05) is 13.8 Å². The Bertz CT molecular complexity index is 666. The van der Waals surface area contributed by atoms with Crippen LogP contribution in [0, 0.1) is 5.92 Å². The number of nitrogens with zero attached hydrogens (tertiary/aromatic N) is 3. The van der Waals surface area contributed by atoms with Gasteiger partial charge in [-0.05, 0) is 25.2 Å². The molecule has 3 heterocycles. The van der Waals surface area contributed by atoms with Crippen molar-refractivity contribution in [3.05, 3.63) is 17.1 Å². The number of hydrogen-bond acceptors (Lipinski definition) is 5. The molecule has 136 valence electrons. The molecule has 0 aliphatic carbocycles. The molecular weight excluding hydrogens is 318 g/mol. The van der Waals surface area contributed by atoms with E-state index in [9.17, 15) is 9.59 Å². The number of amides is 2. The lowest BCUT2D eigenvalue weighted by Crippen LogP contribution is -2.45. The minimum atomic E-state index is -0.0944. The van der Waals surface area contributed by atoms with Gasteiger partial charge in [0.05, 0.1) is 0 Å². The number of aromatic nitrogens is 2. The summed E-state index contributed by atoms with van der Waals surface area (Å²) in [7, 11) is 0. The zero-order chi connectivity index (χ0) is 18.0. The van der Waals surface area contributed by atoms with E-state index in [-0.39, 0.29) is 17.9 Å². The van der Waals surface area contributed by atoms with Crippen LogP contribution in [0.3, 0.4) is 0 Å². The van der Waals surface area contributed by atoms with E-state index >= 15 is 0 Å². The van der Waals surface area contributed by atoms with Crippen molar-refractivity contribution in [1.82, 2.24) is 20.6 Å².